The Hall–Kier alpha value is -3.64. The number of nitriles is 1. The van der Waals surface area contributed by atoms with E-state index in [9.17, 15) is 10.1 Å². The van der Waals surface area contributed by atoms with Crippen molar-refractivity contribution in [2.24, 2.45) is 18.1 Å². The van der Waals surface area contributed by atoms with E-state index < -0.39 is 5.60 Å². The van der Waals surface area contributed by atoms with E-state index in [1.54, 1.807) is 32.5 Å². The van der Waals surface area contributed by atoms with Crippen molar-refractivity contribution in [1.82, 2.24) is 14.5 Å². The lowest BCUT2D eigenvalue weighted by atomic mass is 9.80. The highest BCUT2D eigenvalue weighted by Crippen LogP contribution is 2.35. The number of fused-ring (bicyclic) bond motifs is 1. The van der Waals surface area contributed by atoms with E-state index >= 15 is 0 Å². The summed E-state index contributed by atoms with van der Waals surface area (Å²) in [7, 11) is 5.16. The van der Waals surface area contributed by atoms with E-state index in [2.05, 4.69) is 21.2 Å². The number of anilines is 1. The number of aryl methyl sites for hydroxylation is 1. The Balaban J connectivity index is 1.63. The lowest BCUT2D eigenvalue weighted by Crippen LogP contribution is -2.39. The fourth-order valence-corrected chi connectivity index (χ4v) is 5.08. The first kappa shape index (κ1) is 27.4. The Morgan fingerprint density at radius 1 is 1.21 bits per heavy atom. The maximum atomic E-state index is 13.0. The van der Waals surface area contributed by atoms with Crippen molar-refractivity contribution in [1.29, 1.82) is 5.26 Å². The van der Waals surface area contributed by atoms with Crippen LogP contribution in [0.3, 0.4) is 0 Å². The molecule has 0 atom stereocenters. The SMILES string of the molecule is COc1ccc(/C(=N\OC(C)(C)C)C2CCC(N(C)c3c(C#N)c(=O)n(C)c4ccc(Cl)nc34)CC2)cn1. The Kier molecular flexibility index (Phi) is 7.93. The smallest absolute Gasteiger partial charge is 0.270 e. The molecule has 0 radical (unpaired) electrons. The summed E-state index contributed by atoms with van der Waals surface area (Å²) in [6, 6.07) is 9.41. The van der Waals surface area contributed by atoms with E-state index in [4.69, 9.17) is 21.2 Å². The molecule has 1 fully saturated rings. The van der Waals surface area contributed by atoms with Gasteiger partial charge in [0.25, 0.3) is 5.56 Å². The fraction of sp³-hybridized carbons (Fsp3) is 0.464. The summed E-state index contributed by atoms with van der Waals surface area (Å²) in [5.74, 6) is 0.707. The predicted octanol–water partition coefficient (Wildman–Crippen LogP) is 5.08. The molecule has 9 nitrogen and oxygen atoms in total. The van der Waals surface area contributed by atoms with Crippen LogP contribution in [0.5, 0.6) is 5.88 Å². The minimum Gasteiger partial charge on any atom is -0.481 e. The van der Waals surface area contributed by atoms with Gasteiger partial charge in [0.1, 0.15) is 27.9 Å². The number of rotatable bonds is 6. The molecule has 0 aromatic carbocycles. The number of aromatic nitrogens is 3. The summed E-state index contributed by atoms with van der Waals surface area (Å²) in [5.41, 5.74) is 2.77. The number of methoxy groups -OCH3 is 1. The van der Waals surface area contributed by atoms with E-state index in [0.717, 1.165) is 37.0 Å². The molecule has 0 spiro atoms. The van der Waals surface area contributed by atoms with Crippen LogP contribution in [0.15, 0.2) is 40.4 Å². The third-order valence-electron chi connectivity index (χ3n) is 6.94. The Bertz CT molecular complexity index is 1450. The minimum atomic E-state index is -0.426. The molecule has 1 aliphatic carbocycles. The van der Waals surface area contributed by atoms with Crippen LogP contribution >= 0.6 is 11.6 Å². The van der Waals surface area contributed by atoms with Crippen LogP contribution in [-0.4, -0.2) is 46.0 Å². The van der Waals surface area contributed by atoms with Crippen molar-refractivity contribution in [3.05, 3.63) is 57.1 Å². The first-order valence-electron chi connectivity index (χ1n) is 12.6. The van der Waals surface area contributed by atoms with Crippen LogP contribution in [0.4, 0.5) is 5.69 Å². The second-order valence-corrected chi connectivity index (χ2v) is 11.0. The first-order chi connectivity index (χ1) is 18.0. The van der Waals surface area contributed by atoms with Crippen molar-refractivity contribution < 1.29 is 9.57 Å². The second-order valence-electron chi connectivity index (χ2n) is 10.6. The average Bonchev–Trinajstić information content (AvgIpc) is 2.90. The van der Waals surface area contributed by atoms with Gasteiger partial charge in [-0.2, -0.15) is 5.26 Å². The van der Waals surface area contributed by atoms with Crippen LogP contribution in [0.25, 0.3) is 11.0 Å². The lowest BCUT2D eigenvalue weighted by Gasteiger charge is -2.37. The van der Waals surface area contributed by atoms with Crippen molar-refractivity contribution in [2.75, 3.05) is 19.1 Å². The van der Waals surface area contributed by atoms with Gasteiger partial charge in [-0.1, -0.05) is 16.8 Å². The maximum Gasteiger partial charge on any atom is 0.270 e. The summed E-state index contributed by atoms with van der Waals surface area (Å²) >= 11 is 6.22. The summed E-state index contributed by atoms with van der Waals surface area (Å²) in [6.45, 7) is 5.90. The maximum absolute atomic E-state index is 13.0. The van der Waals surface area contributed by atoms with Gasteiger partial charge < -0.3 is 19.0 Å². The summed E-state index contributed by atoms with van der Waals surface area (Å²) < 4.78 is 6.67. The number of oxime groups is 1. The topological polar surface area (TPSA) is 106 Å². The van der Waals surface area contributed by atoms with Crippen molar-refractivity contribution >= 4 is 34.0 Å². The van der Waals surface area contributed by atoms with Gasteiger partial charge in [-0.3, -0.25) is 4.79 Å². The summed E-state index contributed by atoms with van der Waals surface area (Å²) in [5, 5.41) is 14.8. The van der Waals surface area contributed by atoms with Gasteiger partial charge in [-0.25, -0.2) is 9.97 Å². The monoisotopic (exact) mass is 536 g/mol. The zero-order valence-electron chi connectivity index (χ0n) is 22.7. The molecule has 0 unspecified atom stereocenters. The van der Waals surface area contributed by atoms with Crippen LogP contribution < -0.4 is 15.2 Å². The van der Waals surface area contributed by atoms with Crippen LogP contribution in [0, 0.1) is 17.2 Å². The summed E-state index contributed by atoms with van der Waals surface area (Å²) in [4.78, 5) is 29.7. The standard InChI is InChI=1S/C28H33ClN6O3/c1-28(2,3)38-33-24(18-9-14-23(37-6)31-16-18)17-7-10-19(11-8-17)34(4)26-20(15-30)27(36)35(5)21-12-13-22(29)32-25(21)26/h9,12-14,16-17,19H,7-8,10-11H2,1-6H3/b33-24-. The molecule has 3 aromatic heterocycles. The van der Waals surface area contributed by atoms with Gasteiger partial charge in [0.15, 0.2) is 0 Å². The number of hydrogen-bond acceptors (Lipinski definition) is 8. The molecule has 3 aromatic rings. The van der Waals surface area contributed by atoms with Crippen LogP contribution in [0.2, 0.25) is 5.15 Å². The number of ether oxygens (including phenoxy) is 1. The van der Waals surface area contributed by atoms with E-state index in [-0.39, 0.29) is 23.1 Å². The van der Waals surface area contributed by atoms with Gasteiger partial charge >= 0.3 is 0 Å². The molecule has 1 aliphatic rings. The Morgan fingerprint density at radius 3 is 2.50 bits per heavy atom. The molecule has 4 rings (SSSR count). The van der Waals surface area contributed by atoms with Crippen molar-refractivity contribution in [3.63, 3.8) is 0 Å². The van der Waals surface area contributed by atoms with Crippen molar-refractivity contribution in [2.45, 2.75) is 58.1 Å². The first-order valence-corrected chi connectivity index (χ1v) is 13.0. The van der Waals surface area contributed by atoms with Crippen molar-refractivity contribution in [3.8, 4) is 11.9 Å². The quantitative estimate of drug-likeness (QED) is 0.246. The molecule has 0 aliphatic heterocycles. The minimum absolute atomic E-state index is 0.0736. The third-order valence-corrected chi connectivity index (χ3v) is 7.15. The third kappa shape index (κ3) is 5.60. The predicted molar refractivity (Wildman–Crippen MR) is 149 cm³/mol. The highest BCUT2D eigenvalue weighted by atomic mass is 35.5. The molecule has 0 saturated heterocycles. The molecule has 10 heteroatoms. The average molecular weight is 537 g/mol. The van der Waals surface area contributed by atoms with Gasteiger partial charge in [0, 0.05) is 43.9 Å². The molecule has 0 N–H and O–H groups in total. The van der Waals surface area contributed by atoms with Crippen LogP contribution in [-0.2, 0) is 11.9 Å². The zero-order chi connectivity index (χ0) is 27.6. The number of pyridine rings is 3. The highest BCUT2D eigenvalue weighted by Gasteiger charge is 2.31. The zero-order valence-corrected chi connectivity index (χ0v) is 23.4. The molecule has 1 saturated carbocycles. The Labute approximate surface area is 227 Å². The molecular weight excluding hydrogens is 504 g/mol. The second kappa shape index (κ2) is 11.0. The summed E-state index contributed by atoms with van der Waals surface area (Å²) in [6.07, 6.45) is 5.14. The van der Waals surface area contributed by atoms with Gasteiger partial charge in [0.2, 0.25) is 5.88 Å². The van der Waals surface area contributed by atoms with E-state index in [1.807, 2.05) is 44.9 Å². The highest BCUT2D eigenvalue weighted by molar-refractivity contribution is 6.29. The molecule has 3 heterocycles. The molecule has 38 heavy (non-hydrogen) atoms. The molecule has 200 valence electrons. The van der Waals surface area contributed by atoms with Gasteiger partial charge in [-0.05, 0) is 64.7 Å². The number of halogens is 1. The van der Waals surface area contributed by atoms with Gasteiger partial charge in [0.05, 0.1) is 24.0 Å². The van der Waals surface area contributed by atoms with Gasteiger partial charge in [-0.15, -0.1) is 0 Å². The Morgan fingerprint density at radius 2 is 1.92 bits per heavy atom. The number of nitrogens with zero attached hydrogens (tertiary/aromatic N) is 6. The van der Waals surface area contributed by atoms with E-state index in [0.29, 0.717) is 27.8 Å². The molecule has 0 bridgehead atoms. The molecule has 0 amide bonds. The van der Waals surface area contributed by atoms with Crippen LogP contribution in [0.1, 0.15) is 57.6 Å². The number of hydrogen-bond donors (Lipinski definition) is 0. The lowest BCUT2D eigenvalue weighted by molar-refractivity contribution is -0.0000344. The van der Waals surface area contributed by atoms with E-state index in [1.165, 1.54) is 4.57 Å². The largest absolute Gasteiger partial charge is 0.481 e. The normalized spacial score (nSPS) is 18.2. The molecular formula is C28H33ClN6O3. The fourth-order valence-electron chi connectivity index (χ4n) is 4.93.